The second kappa shape index (κ2) is 21.9. The lowest BCUT2D eigenvalue weighted by molar-refractivity contribution is 0.166. The van der Waals surface area contributed by atoms with Crippen molar-refractivity contribution in [2.75, 3.05) is 32.8 Å². The minimum atomic E-state index is 0.174. The van der Waals surface area contributed by atoms with Crippen LogP contribution in [0.25, 0.3) is 0 Å². The highest BCUT2D eigenvalue weighted by atomic mass is 16.3. The fraction of sp³-hybridized carbons (Fsp3) is 0.889. The zero-order valence-corrected chi connectivity index (χ0v) is 15.4. The van der Waals surface area contributed by atoms with E-state index in [4.69, 9.17) is 10.2 Å². The third-order valence-corrected chi connectivity index (χ3v) is 3.72. The Hall–Kier alpha value is -0.380. The first-order valence-corrected chi connectivity index (χ1v) is 8.53. The number of rotatable bonds is 9. The van der Waals surface area contributed by atoms with Crippen LogP contribution in [0, 0.1) is 11.8 Å². The molecule has 21 heavy (non-hydrogen) atoms. The second-order valence-electron chi connectivity index (χ2n) is 5.42. The Labute approximate surface area is 134 Å². The van der Waals surface area contributed by atoms with Gasteiger partial charge in [-0.25, -0.2) is 0 Å². The third-order valence-electron chi connectivity index (χ3n) is 3.72. The van der Waals surface area contributed by atoms with Gasteiger partial charge in [0.05, 0.1) is 13.2 Å². The Bertz CT molecular complexity index is 176. The van der Waals surface area contributed by atoms with Gasteiger partial charge in [-0.2, -0.15) is 0 Å². The topological polar surface area (TPSA) is 43.7 Å². The molecule has 0 heterocycles. The van der Waals surface area contributed by atoms with E-state index < -0.39 is 0 Å². The number of hydrogen-bond acceptors (Lipinski definition) is 3. The van der Waals surface area contributed by atoms with Crippen LogP contribution in [0.5, 0.6) is 0 Å². The minimum absolute atomic E-state index is 0.174. The Morgan fingerprint density at radius 1 is 0.905 bits per heavy atom. The van der Waals surface area contributed by atoms with E-state index in [-0.39, 0.29) is 13.2 Å². The van der Waals surface area contributed by atoms with Crippen LogP contribution in [0.3, 0.4) is 0 Å². The van der Waals surface area contributed by atoms with Crippen LogP contribution in [-0.4, -0.2) is 48.0 Å². The van der Waals surface area contributed by atoms with Crippen molar-refractivity contribution < 1.29 is 10.2 Å². The van der Waals surface area contributed by atoms with E-state index in [1.54, 1.807) is 0 Å². The number of nitrogens with zero attached hydrogens (tertiary/aromatic N) is 1. The summed E-state index contributed by atoms with van der Waals surface area (Å²) in [5.41, 5.74) is 0. The van der Waals surface area contributed by atoms with Gasteiger partial charge in [0.15, 0.2) is 0 Å². The molecule has 1 atom stereocenters. The molecule has 0 amide bonds. The van der Waals surface area contributed by atoms with Crippen molar-refractivity contribution in [3.05, 3.63) is 12.7 Å². The number of aliphatic hydroxyl groups is 2. The molecule has 0 rings (SSSR count). The molecule has 0 radical (unpaired) electrons. The van der Waals surface area contributed by atoms with Crippen molar-refractivity contribution in [2.24, 2.45) is 11.8 Å². The first-order valence-electron chi connectivity index (χ1n) is 8.53. The molecular formula is C18H41NO2. The van der Waals surface area contributed by atoms with Gasteiger partial charge in [0.2, 0.25) is 0 Å². The maximum absolute atomic E-state index is 8.47. The molecule has 0 aromatic heterocycles. The molecule has 0 saturated heterocycles. The van der Waals surface area contributed by atoms with Crippen LogP contribution in [-0.2, 0) is 0 Å². The number of hydrogen-bond donors (Lipinski definition) is 2. The smallest absolute Gasteiger partial charge is 0.0558 e. The predicted octanol–water partition coefficient (Wildman–Crippen LogP) is 3.95. The lowest BCUT2D eigenvalue weighted by Crippen LogP contribution is -2.29. The quantitative estimate of drug-likeness (QED) is 0.634. The summed E-state index contributed by atoms with van der Waals surface area (Å²) in [6.45, 7) is 19.3. The van der Waals surface area contributed by atoms with E-state index >= 15 is 0 Å². The lowest BCUT2D eigenvalue weighted by Gasteiger charge is -2.16. The van der Waals surface area contributed by atoms with E-state index in [1.165, 1.54) is 19.3 Å². The largest absolute Gasteiger partial charge is 0.395 e. The minimum Gasteiger partial charge on any atom is -0.395 e. The molecule has 0 saturated carbocycles. The highest BCUT2D eigenvalue weighted by Gasteiger charge is 1.97. The average Bonchev–Trinajstić information content (AvgIpc) is 2.54. The number of likely N-dealkylation sites (N-methyl/N-ethyl adjacent to an activating group) is 1. The fourth-order valence-corrected chi connectivity index (χ4v) is 1.17. The zero-order chi connectivity index (χ0) is 17.1. The van der Waals surface area contributed by atoms with Gasteiger partial charge in [-0.15, -0.1) is 6.58 Å². The normalized spacial score (nSPS) is 11.3. The first-order chi connectivity index (χ1) is 9.96. The van der Waals surface area contributed by atoms with Crippen molar-refractivity contribution in [3.63, 3.8) is 0 Å². The number of aliphatic hydroxyl groups excluding tert-OH is 2. The van der Waals surface area contributed by atoms with Crippen molar-refractivity contribution >= 4 is 0 Å². The Kier molecular flexibility index (Phi) is 26.7. The Balaban J connectivity index is -0.000000240. The molecule has 0 aliphatic heterocycles. The summed E-state index contributed by atoms with van der Waals surface area (Å²) >= 11 is 0. The van der Waals surface area contributed by atoms with Gasteiger partial charge in [0.25, 0.3) is 0 Å². The van der Waals surface area contributed by atoms with E-state index in [2.05, 4.69) is 41.2 Å². The van der Waals surface area contributed by atoms with E-state index in [0.717, 1.165) is 12.5 Å². The molecular weight excluding hydrogens is 262 g/mol. The maximum atomic E-state index is 8.47. The monoisotopic (exact) mass is 303 g/mol. The average molecular weight is 304 g/mol. The summed E-state index contributed by atoms with van der Waals surface area (Å²) in [4.78, 5) is 1.99. The molecule has 0 aliphatic carbocycles. The number of allylic oxidation sites excluding steroid dienone is 1. The summed E-state index contributed by atoms with van der Waals surface area (Å²) in [6.07, 6.45) is 5.84. The third kappa shape index (κ3) is 25.0. The molecule has 0 aromatic rings. The van der Waals surface area contributed by atoms with Gasteiger partial charge >= 0.3 is 0 Å². The standard InChI is InChI=1S/C6H15NO2.C6H14.C6H12/c1-2-7(3-5-8)4-6-9;2*1-4-6(3)5-2/h8-9H,2-6H2,1H3;6H,4-5H2,1-3H3;4,6H,1,5H2,2-3H3. The Morgan fingerprint density at radius 3 is 1.43 bits per heavy atom. The highest BCUT2D eigenvalue weighted by Crippen LogP contribution is 2.02. The lowest BCUT2D eigenvalue weighted by atomic mass is 10.1. The van der Waals surface area contributed by atoms with Crippen LogP contribution in [0.1, 0.15) is 60.8 Å². The Morgan fingerprint density at radius 2 is 1.33 bits per heavy atom. The van der Waals surface area contributed by atoms with Crippen molar-refractivity contribution in [2.45, 2.75) is 60.8 Å². The summed E-state index contributed by atoms with van der Waals surface area (Å²) in [5, 5.41) is 16.9. The summed E-state index contributed by atoms with van der Waals surface area (Å²) < 4.78 is 0. The van der Waals surface area contributed by atoms with Gasteiger partial charge < -0.3 is 10.2 Å². The van der Waals surface area contributed by atoms with Crippen LogP contribution < -0.4 is 0 Å². The van der Waals surface area contributed by atoms with E-state index in [0.29, 0.717) is 19.0 Å². The maximum Gasteiger partial charge on any atom is 0.0558 e. The molecule has 0 aromatic carbocycles. The molecule has 0 fully saturated rings. The van der Waals surface area contributed by atoms with Crippen LogP contribution >= 0.6 is 0 Å². The molecule has 2 N–H and O–H groups in total. The van der Waals surface area contributed by atoms with Gasteiger partial charge in [0.1, 0.15) is 0 Å². The molecule has 3 heteroatoms. The van der Waals surface area contributed by atoms with Gasteiger partial charge in [-0.3, -0.25) is 4.90 Å². The molecule has 130 valence electrons. The highest BCUT2D eigenvalue weighted by molar-refractivity contribution is 4.72. The van der Waals surface area contributed by atoms with Gasteiger partial charge in [-0.1, -0.05) is 66.9 Å². The predicted molar refractivity (Wildman–Crippen MR) is 95.7 cm³/mol. The van der Waals surface area contributed by atoms with Crippen LogP contribution in [0.15, 0.2) is 12.7 Å². The molecule has 0 bridgehead atoms. The van der Waals surface area contributed by atoms with Crippen LogP contribution in [0.4, 0.5) is 0 Å². The van der Waals surface area contributed by atoms with Crippen molar-refractivity contribution in [1.29, 1.82) is 0 Å². The van der Waals surface area contributed by atoms with E-state index in [9.17, 15) is 0 Å². The second-order valence-corrected chi connectivity index (χ2v) is 5.42. The van der Waals surface area contributed by atoms with E-state index in [1.807, 2.05) is 17.9 Å². The summed E-state index contributed by atoms with van der Waals surface area (Å²) in [6, 6.07) is 0. The zero-order valence-electron chi connectivity index (χ0n) is 15.4. The van der Waals surface area contributed by atoms with Gasteiger partial charge in [0, 0.05) is 13.1 Å². The molecule has 1 unspecified atom stereocenters. The van der Waals surface area contributed by atoms with Crippen LogP contribution in [0.2, 0.25) is 0 Å². The summed E-state index contributed by atoms with van der Waals surface area (Å²) in [5.74, 6) is 1.63. The van der Waals surface area contributed by atoms with Gasteiger partial charge in [-0.05, 0) is 18.4 Å². The summed E-state index contributed by atoms with van der Waals surface area (Å²) in [7, 11) is 0. The first kappa shape index (κ1) is 25.6. The van der Waals surface area contributed by atoms with Crippen molar-refractivity contribution in [3.8, 4) is 0 Å². The molecule has 0 spiro atoms. The fourth-order valence-electron chi connectivity index (χ4n) is 1.17. The van der Waals surface area contributed by atoms with Crippen molar-refractivity contribution in [1.82, 2.24) is 4.90 Å². The SMILES string of the molecule is C=CC(C)CC.CCC(C)CC.CCN(CCO)CCO. The molecule has 0 aliphatic rings. The molecule has 3 nitrogen and oxygen atoms in total.